The number of hydrogen-bond acceptors (Lipinski definition) is 3. The normalized spacial score (nSPS) is 34.5. The maximum atomic E-state index is 9.64. The Bertz CT molecular complexity index is 199. The van der Waals surface area contributed by atoms with E-state index in [1.54, 1.807) is 0 Å². The molecule has 74 valence electrons. The summed E-state index contributed by atoms with van der Waals surface area (Å²) in [5.74, 6) is 0. The molecule has 0 saturated heterocycles. The van der Waals surface area contributed by atoms with Crippen LogP contribution in [-0.2, 0) is 0 Å². The van der Waals surface area contributed by atoms with E-state index in [-0.39, 0.29) is 0 Å². The van der Waals surface area contributed by atoms with Crippen LogP contribution in [0.25, 0.3) is 0 Å². The van der Waals surface area contributed by atoms with Crippen molar-refractivity contribution < 1.29 is 5.11 Å². The largest absolute Gasteiger partial charge is 0.375 e. The second-order valence-electron chi connectivity index (χ2n) is 4.24. The highest BCUT2D eigenvalue weighted by molar-refractivity contribution is 5.03. The van der Waals surface area contributed by atoms with Crippen molar-refractivity contribution in [2.24, 2.45) is 0 Å². The molecular weight excluding hydrogens is 164 g/mol. The van der Waals surface area contributed by atoms with Crippen LogP contribution >= 0.6 is 0 Å². The van der Waals surface area contributed by atoms with Crippen LogP contribution in [0.4, 0.5) is 0 Å². The van der Waals surface area contributed by atoms with Gasteiger partial charge in [-0.3, -0.25) is 0 Å². The molecule has 1 aliphatic rings. The maximum Gasteiger partial charge on any atom is 0.151 e. The number of rotatable bonds is 2. The molecule has 0 aromatic heterocycles. The van der Waals surface area contributed by atoms with Gasteiger partial charge in [0.15, 0.2) is 5.60 Å². The molecule has 0 aromatic carbocycles. The van der Waals surface area contributed by atoms with Crippen molar-refractivity contribution in [1.82, 2.24) is 5.32 Å². The molecule has 13 heavy (non-hydrogen) atoms. The molecular formula is C10H18N2O. The third-order valence-corrected chi connectivity index (χ3v) is 2.59. The summed E-state index contributed by atoms with van der Waals surface area (Å²) in [7, 11) is 0. The van der Waals surface area contributed by atoms with Crippen LogP contribution in [0.5, 0.6) is 0 Å². The first-order valence-corrected chi connectivity index (χ1v) is 4.95. The third-order valence-electron chi connectivity index (χ3n) is 2.59. The molecule has 0 spiro atoms. The number of nitrogens with one attached hydrogen (secondary N) is 1. The van der Waals surface area contributed by atoms with E-state index >= 15 is 0 Å². The van der Waals surface area contributed by atoms with Crippen molar-refractivity contribution in [2.75, 3.05) is 0 Å². The smallest absolute Gasteiger partial charge is 0.151 e. The second kappa shape index (κ2) is 4.08. The lowest BCUT2D eigenvalue weighted by molar-refractivity contribution is 0.0480. The van der Waals surface area contributed by atoms with Gasteiger partial charge < -0.3 is 10.4 Å². The fourth-order valence-electron chi connectivity index (χ4n) is 1.85. The van der Waals surface area contributed by atoms with Gasteiger partial charge in [-0.25, -0.2) is 0 Å². The van der Waals surface area contributed by atoms with Gasteiger partial charge in [0.2, 0.25) is 0 Å². The molecule has 0 radical (unpaired) electrons. The molecule has 0 amide bonds. The molecule has 0 heterocycles. The fourth-order valence-corrected chi connectivity index (χ4v) is 1.85. The maximum absolute atomic E-state index is 9.64. The molecule has 0 aliphatic heterocycles. The predicted octanol–water partition coefficient (Wildman–Crippen LogP) is 1.18. The lowest BCUT2D eigenvalue weighted by atomic mass is 9.83. The van der Waals surface area contributed by atoms with Crippen molar-refractivity contribution in [3.05, 3.63) is 0 Å². The fraction of sp³-hybridized carbons (Fsp3) is 0.900. The first kappa shape index (κ1) is 10.5. The number of nitrogens with zero attached hydrogens (tertiary/aromatic N) is 1. The Kier molecular flexibility index (Phi) is 3.29. The topological polar surface area (TPSA) is 56.0 Å². The SMILES string of the molecule is CC(C)NC1CCC(O)(C#N)CC1. The van der Waals surface area contributed by atoms with Crippen LogP contribution in [0.15, 0.2) is 0 Å². The summed E-state index contributed by atoms with van der Waals surface area (Å²) >= 11 is 0. The minimum absolute atomic E-state index is 0.480. The Morgan fingerprint density at radius 1 is 1.46 bits per heavy atom. The molecule has 1 aliphatic carbocycles. The Balaban J connectivity index is 2.36. The average Bonchev–Trinajstić information content (AvgIpc) is 2.09. The molecule has 1 fully saturated rings. The summed E-state index contributed by atoms with van der Waals surface area (Å²) in [6.45, 7) is 4.23. The van der Waals surface area contributed by atoms with Gasteiger partial charge in [-0.05, 0) is 25.7 Å². The lowest BCUT2D eigenvalue weighted by Gasteiger charge is -2.32. The van der Waals surface area contributed by atoms with E-state index < -0.39 is 5.60 Å². The second-order valence-corrected chi connectivity index (χ2v) is 4.24. The predicted molar refractivity (Wildman–Crippen MR) is 51.1 cm³/mol. The van der Waals surface area contributed by atoms with E-state index in [0.29, 0.717) is 24.9 Å². The van der Waals surface area contributed by atoms with Gasteiger partial charge in [-0.15, -0.1) is 0 Å². The summed E-state index contributed by atoms with van der Waals surface area (Å²) in [5, 5.41) is 21.8. The van der Waals surface area contributed by atoms with Gasteiger partial charge >= 0.3 is 0 Å². The minimum Gasteiger partial charge on any atom is -0.375 e. The Morgan fingerprint density at radius 3 is 2.38 bits per heavy atom. The van der Waals surface area contributed by atoms with Gasteiger partial charge in [0.05, 0.1) is 6.07 Å². The summed E-state index contributed by atoms with van der Waals surface area (Å²) in [4.78, 5) is 0. The number of hydrogen-bond donors (Lipinski definition) is 2. The average molecular weight is 182 g/mol. The summed E-state index contributed by atoms with van der Waals surface area (Å²) in [6.07, 6.45) is 3.02. The first-order chi connectivity index (χ1) is 6.06. The zero-order valence-electron chi connectivity index (χ0n) is 8.38. The quantitative estimate of drug-likeness (QED) is 0.630. The van der Waals surface area contributed by atoms with Crippen molar-refractivity contribution in [3.63, 3.8) is 0 Å². The zero-order chi connectivity index (χ0) is 9.90. The molecule has 0 unspecified atom stereocenters. The molecule has 1 rings (SSSR count). The van der Waals surface area contributed by atoms with E-state index in [0.717, 1.165) is 12.8 Å². The molecule has 3 heteroatoms. The Labute approximate surface area is 79.8 Å². The van der Waals surface area contributed by atoms with E-state index in [1.165, 1.54) is 0 Å². The van der Waals surface area contributed by atoms with Crippen molar-refractivity contribution in [3.8, 4) is 6.07 Å². The molecule has 0 aromatic rings. The standard InChI is InChI=1S/C10H18N2O/c1-8(2)12-9-3-5-10(13,7-11)6-4-9/h8-9,12-13H,3-6H2,1-2H3. The zero-order valence-corrected chi connectivity index (χ0v) is 8.38. The number of nitriles is 1. The van der Waals surface area contributed by atoms with E-state index in [2.05, 4.69) is 19.2 Å². The monoisotopic (exact) mass is 182 g/mol. The Morgan fingerprint density at radius 2 is 2.00 bits per heavy atom. The van der Waals surface area contributed by atoms with E-state index in [1.807, 2.05) is 6.07 Å². The lowest BCUT2D eigenvalue weighted by Crippen LogP contribution is -2.42. The van der Waals surface area contributed by atoms with Crippen LogP contribution in [0, 0.1) is 11.3 Å². The van der Waals surface area contributed by atoms with Crippen molar-refractivity contribution >= 4 is 0 Å². The highest BCUT2D eigenvalue weighted by Gasteiger charge is 2.32. The molecule has 3 nitrogen and oxygen atoms in total. The van der Waals surface area contributed by atoms with Crippen LogP contribution < -0.4 is 5.32 Å². The molecule has 1 saturated carbocycles. The first-order valence-electron chi connectivity index (χ1n) is 4.95. The molecule has 0 atom stereocenters. The van der Waals surface area contributed by atoms with Gasteiger partial charge in [0.25, 0.3) is 0 Å². The molecule has 2 N–H and O–H groups in total. The third kappa shape index (κ3) is 2.98. The highest BCUT2D eigenvalue weighted by atomic mass is 16.3. The highest BCUT2D eigenvalue weighted by Crippen LogP contribution is 2.27. The van der Waals surface area contributed by atoms with Crippen LogP contribution in [0.2, 0.25) is 0 Å². The van der Waals surface area contributed by atoms with E-state index in [9.17, 15) is 5.11 Å². The Hall–Kier alpha value is -0.590. The van der Waals surface area contributed by atoms with E-state index in [4.69, 9.17) is 5.26 Å². The molecule has 0 bridgehead atoms. The van der Waals surface area contributed by atoms with Gasteiger partial charge in [-0.2, -0.15) is 5.26 Å². The van der Waals surface area contributed by atoms with Crippen LogP contribution in [0.3, 0.4) is 0 Å². The van der Waals surface area contributed by atoms with Gasteiger partial charge in [0, 0.05) is 12.1 Å². The van der Waals surface area contributed by atoms with Gasteiger partial charge in [-0.1, -0.05) is 13.8 Å². The summed E-state index contributed by atoms with van der Waals surface area (Å²) in [6, 6.07) is 2.95. The van der Waals surface area contributed by atoms with Crippen LogP contribution in [-0.4, -0.2) is 22.8 Å². The number of aliphatic hydroxyl groups is 1. The van der Waals surface area contributed by atoms with Crippen LogP contribution in [0.1, 0.15) is 39.5 Å². The minimum atomic E-state index is -1.05. The van der Waals surface area contributed by atoms with Crippen molar-refractivity contribution in [2.45, 2.75) is 57.2 Å². The summed E-state index contributed by atoms with van der Waals surface area (Å²) in [5.41, 5.74) is -1.05. The van der Waals surface area contributed by atoms with Gasteiger partial charge in [0.1, 0.15) is 0 Å². The van der Waals surface area contributed by atoms with Crippen molar-refractivity contribution in [1.29, 1.82) is 5.26 Å². The summed E-state index contributed by atoms with van der Waals surface area (Å²) < 4.78 is 0.